The van der Waals surface area contributed by atoms with Crippen LogP contribution in [-0.4, -0.2) is 31.7 Å². The van der Waals surface area contributed by atoms with Crippen LogP contribution in [0.15, 0.2) is 47.4 Å². The summed E-state index contributed by atoms with van der Waals surface area (Å²) in [5.41, 5.74) is 0.817. The van der Waals surface area contributed by atoms with E-state index in [0.29, 0.717) is 28.7 Å². The van der Waals surface area contributed by atoms with Crippen molar-refractivity contribution in [2.75, 3.05) is 18.4 Å². The average molecular weight is 462 g/mol. The topological polar surface area (TPSA) is 66.5 Å². The van der Waals surface area contributed by atoms with Crippen LogP contribution in [0.25, 0.3) is 6.08 Å². The van der Waals surface area contributed by atoms with Gasteiger partial charge in [0.2, 0.25) is 15.9 Å². The molecule has 28 heavy (non-hydrogen) atoms. The Balaban J connectivity index is 2.24. The van der Waals surface area contributed by atoms with Crippen molar-refractivity contribution in [3.05, 3.63) is 63.1 Å². The molecule has 2 rings (SSSR count). The van der Waals surface area contributed by atoms with E-state index in [9.17, 15) is 13.2 Å². The zero-order chi connectivity index (χ0) is 20.9. The molecule has 0 atom stereocenters. The van der Waals surface area contributed by atoms with Crippen LogP contribution in [0.4, 0.5) is 5.69 Å². The third-order valence-electron chi connectivity index (χ3n) is 3.92. The number of halogens is 3. The lowest BCUT2D eigenvalue weighted by Crippen LogP contribution is -2.30. The summed E-state index contributed by atoms with van der Waals surface area (Å²) in [6, 6.07) is 9.10. The highest BCUT2D eigenvalue weighted by molar-refractivity contribution is 7.89. The van der Waals surface area contributed by atoms with Crippen LogP contribution >= 0.6 is 34.8 Å². The van der Waals surface area contributed by atoms with Gasteiger partial charge in [-0.15, -0.1) is 0 Å². The van der Waals surface area contributed by atoms with Gasteiger partial charge in [0.25, 0.3) is 0 Å². The second kappa shape index (κ2) is 9.76. The van der Waals surface area contributed by atoms with E-state index < -0.39 is 15.9 Å². The molecule has 9 heteroatoms. The molecule has 0 heterocycles. The van der Waals surface area contributed by atoms with Gasteiger partial charge in [-0.2, -0.15) is 4.31 Å². The van der Waals surface area contributed by atoms with Gasteiger partial charge in [-0.05, 0) is 42.0 Å². The number of amides is 1. The molecule has 0 saturated carbocycles. The third-order valence-corrected chi connectivity index (χ3v) is 6.85. The quantitative estimate of drug-likeness (QED) is 0.567. The van der Waals surface area contributed by atoms with Crippen molar-refractivity contribution in [2.45, 2.75) is 18.7 Å². The summed E-state index contributed by atoms with van der Waals surface area (Å²) in [6.07, 6.45) is 2.80. The standard InChI is InChI=1S/C19H19Cl3N2O3S/c1-3-24(4-2)28(26,27)15-8-9-16(21)18(12-15)23-19(25)10-6-13-5-7-14(20)11-17(13)22/h5-12H,3-4H2,1-2H3,(H,23,25)/b10-6+. The van der Waals surface area contributed by atoms with Crippen molar-refractivity contribution >= 4 is 62.5 Å². The molecule has 150 valence electrons. The fraction of sp³-hybridized carbons (Fsp3) is 0.211. The second-order valence-corrected chi connectivity index (χ2v) is 8.91. The number of rotatable bonds is 7. The summed E-state index contributed by atoms with van der Waals surface area (Å²) in [5, 5.41) is 3.71. The summed E-state index contributed by atoms with van der Waals surface area (Å²) >= 11 is 18.0. The molecule has 1 N–H and O–H groups in total. The van der Waals surface area contributed by atoms with E-state index in [1.807, 2.05) is 0 Å². The molecule has 0 fully saturated rings. The van der Waals surface area contributed by atoms with E-state index in [1.165, 1.54) is 34.7 Å². The van der Waals surface area contributed by atoms with E-state index in [4.69, 9.17) is 34.8 Å². The van der Waals surface area contributed by atoms with E-state index in [2.05, 4.69) is 5.32 Å². The fourth-order valence-electron chi connectivity index (χ4n) is 2.45. The van der Waals surface area contributed by atoms with Crippen molar-refractivity contribution in [3.8, 4) is 0 Å². The van der Waals surface area contributed by atoms with E-state index >= 15 is 0 Å². The molecular weight excluding hydrogens is 443 g/mol. The molecule has 0 spiro atoms. The molecule has 0 aromatic heterocycles. The molecule has 0 bridgehead atoms. The predicted octanol–water partition coefficient (Wildman–Crippen LogP) is 5.33. The Labute approximate surface area is 179 Å². The summed E-state index contributed by atoms with van der Waals surface area (Å²) in [5.74, 6) is -0.481. The van der Waals surface area contributed by atoms with Gasteiger partial charge < -0.3 is 5.32 Å². The monoisotopic (exact) mass is 460 g/mol. The van der Waals surface area contributed by atoms with Gasteiger partial charge in [0.1, 0.15) is 0 Å². The van der Waals surface area contributed by atoms with Gasteiger partial charge in [-0.3, -0.25) is 4.79 Å². The number of benzene rings is 2. The van der Waals surface area contributed by atoms with Crippen LogP contribution in [0.5, 0.6) is 0 Å². The molecule has 1 amide bonds. The smallest absolute Gasteiger partial charge is 0.248 e. The van der Waals surface area contributed by atoms with Gasteiger partial charge in [-0.1, -0.05) is 54.7 Å². The Kier molecular flexibility index (Phi) is 7.92. The summed E-state index contributed by atoms with van der Waals surface area (Å²) in [6.45, 7) is 4.19. The Morgan fingerprint density at radius 1 is 1.04 bits per heavy atom. The van der Waals surface area contributed by atoms with Crippen LogP contribution in [0.2, 0.25) is 15.1 Å². The van der Waals surface area contributed by atoms with Crippen LogP contribution in [0.1, 0.15) is 19.4 Å². The van der Waals surface area contributed by atoms with E-state index in [-0.39, 0.29) is 15.6 Å². The van der Waals surface area contributed by atoms with E-state index in [1.54, 1.807) is 32.0 Å². The molecular formula is C19H19Cl3N2O3S. The van der Waals surface area contributed by atoms with Gasteiger partial charge in [0.15, 0.2) is 0 Å². The number of nitrogens with zero attached hydrogens (tertiary/aromatic N) is 1. The summed E-state index contributed by atoms with van der Waals surface area (Å²) in [7, 11) is -3.67. The molecule has 0 aliphatic carbocycles. The van der Waals surface area contributed by atoms with Gasteiger partial charge >= 0.3 is 0 Å². The van der Waals surface area contributed by atoms with Gasteiger partial charge in [0.05, 0.1) is 15.6 Å². The molecule has 5 nitrogen and oxygen atoms in total. The Morgan fingerprint density at radius 3 is 2.32 bits per heavy atom. The predicted molar refractivity (Wildman–Crippen MR) is 116 cm³/mol. The number of sulfonamides is 1. The molecule has 0 radical (unpaired) electrons. The Hall–Kier alpha value is -1.57. The largest absolute Gasteiger partial charge is 0.321 e. The fourth-order valence-corrected chi connectivity index (χ4v) is 4.57. The Morgan fingerprint density at radius 2 is 1.71 bits per heavy atom. The first-order chi connectivity index (χ1) is 13.2. The first kappa shape index (κ1) is 22.7. The zero-order valence-corrected chi connectivity index (χ0v) is 18.3. The highest BCUT2D eigenvalue weighted by Crippen LogP contribution is 2.27. The minimum absolute atomic E-state index is 0.0561. The van der Waals surface area contributed by atoms with Gasteiger partial charge in [-0.25, -0.2) is 8.42 Å². The van der Waals surface area contributed by atoms with Gasteiger partial charge in [0, 0.05) is 29.2 Å². The normalized spacial score (nSPS) is 11.9. The van der Waals surface area contributed by atoms with Crippen molar-refractivity contribution in [2.24, 2.45) is 0 Å². The minimum Gasteiger partial charge on any atom is -0.321 e. The second-order valence-electron chi connectivity index (χ2n) is 5.72. The first-order valence-corrected chi connectivity index (χ1v) is 11.0. The average Bonchev–Trinajstić information content (AvgIpc) is 2.63. The minimum atomic E-state index is -3.67. The number of carbonyl (C=O) groups is 1. The highest BCUT2D eigenvalue weighted by atomic mass is 35.5. The van der Waals surface area contributed by atoms with Crippen LogP contribution in [0, 0.1) is 0 Å². The zero-order valence-electron chi connectivity index (χ0n) is 15.2. The van der Waals surface area contributed by atoms with Crippen molar-refractivity contribution in [1.82, 2.24) is 4.31 Å². The lowest BCUT2D eigenvalue weighted by Gasteiger charge is -2.19. The van der Waals surface area contributed by atoms with E-state index in [0.717, 1.165) is 0 Å². The summed E-state index contributed by atoms with van der Waals surface area (Å²) in [4.78, 5) is 12.3. The first-order valence-electron chi connectivity index (χ1n) is 8.42. The summed E-state index contributed by atoms with van der Waals surface area (Å²) < 4.78 is 26.6. The molecule has 0 unspecified atom stereocenters. The van der Waals surface area contributed by atoms with Crippen molar-refractivity contribution < 1.29 is 13.2 Å². The van der Waals surface area contributed by atoms with Crippen LogP contribution in [-0.2, 0) is 14.8 Å². The van der Waals surface area contributed by atoms with Crippen LogP contribution in [0.3, 0.4) is 0 Å². The Bertz CT molecular complexity index is 1000. The maximum atomic E-state index is 12.7. The maximum absolute atomic E-state index is 12.7. The SMILES string of the molecule is CCN(CC)S(=O)(=O)c1ccc(Cl)c(NC(=O)/C=C/c2ccc(Cl)cc2Cl)c1. The molecule has 2 aromatic rings. The molecule has 0 aliphatic rings. The van der Waals surface area contributed by atoms with Crippen molar-refractivity contribution in [1.29, 1.82) is 0 Å². The number of anilines is 1. The van der Waals surface area contributed by atoms with Crippen LogP contribution < -0.4 is 5.32 Å². The maximum Gasteiger partial charge on any atom is 0.248 e. The highest BCUT2D eigenvalue weighted by Gasteiger charge is 2.22. The lowest BCUT2D eigenvalue weighted by molar-refractivity contribution is -0.111. The molecule has 0 saturated heterocycles. The number of hydrogen-bond acceptors (Lipinski definition) is 3. The number of carbonyl (C=O) groups excluding carboxylic acids is 1. The number of nitrogens with one attached hydrogen (secondary N) is 1. The van der Waals surface area contributed by atoms with Crippen molar-refractivity contribution in [3.63, 3.8) is 0 Å². The number of hydrogen-bond donors (Lipinski definition) is 1. The molecule has 2 aromatic carbocycles. The molecule has 0 aliphatic heterocycles. The third kappa shape index (κ3) is 5.49. The lowest BCUT2D eigenvalue weighted by atomic mass is 10.2.